The maximum Gasteiger partial charge on any atom is 0.207 e. The minimum atomic E-state index is -0.363. The van der Waals surface area contributed by atoms with Gasteiger partial charge in [0.1, 0.15) is 11.5 Å². The summed E-state index contributed by atoms with van der Waals surface area (Å²) in [6.07, 6.45) is 0.789. The van der Waals surface area contributed by atoms with Crippen molar-refractivity contribution < 1.29 is 9.53 Å². The van der Waals surface area contributed by atoms with Crippen LogP contribution in [0.5, 0.6) is 11.5 Å². The highest BCUT2D eigenvalue weighted by Gasteiger charge is 2.10. The predicted molar refractivity (Wildman–Crippen MR) is 70.8 cm³/mol. The summed E-state index contributed by atoms with van der Waals surface area (Å²) in [5.41, 5.74) is 1.54. The molecule has 0 saturated heterocycles. The quantitative estimate of drug-likeness (QED) is 0.654. The van der Waals surface area contributed by atoms with E-state index in [-0.39, 0.29) is 5.78 Å². The molecule has 2 aromatic rings. The first kappa shape index (κ1) is 12.0. The highest BCUT2D eigenvalue weighted by molar-refractivity contribution is 6.35. The minimum Gasteiger partial charge on any atom is -0.457 e. The second kappa shape index (κ2) is 5.27. The molecule has 2 rings (SSSR count). The van der Waals surface area contributed by atoms with E-state index in [0.29, 0.717) is 17.1 Å². The highest BCUT2D eigenvalue weighted by Crippen LogP contribution is 2.25. The molecule has 1 N–H and O–H groups in total. The standard InChI is InChI=1S/C15H13NO2/c1-11-6-8-12(9-7-11)18-15-5-3-2-4-13(15)14(17)10-16/h2-10,16H,1H3. The molecular formula is C15H13NO2. The second-order valence-electron chi connectivity index (χ2n) is 3.92. The number of nitrogens with one attached hydrogen (secondary N) is 1. The van der Waals surface area contributed by atoms with Crippen LogP contribution in [0.1, 0.15) is 15.9 Å². The summed E-state index contributed by atoms with van der Waals surface area (Å²) >= 11 is 0. The van der Waals surface area contributed by atoms with Gasteiger partial charge in [-0.3, -0.25) is 4.79 Å². The van der Waals surface area contributed by atoms with E-state index in [4.69, 9.17) is 10.1 Å². The number of Topliss-reactive ketones (excluding diaryl/α,β-unsaturated/α-hetero) is 1. The number of rotatable bonds is 4. The molecule has 0 bridgehead atoms. The summed E-state index contributed by atoms with van der Waals surface area (Å²) in [6.45, 7) is 2.00. The van der Waals surface area contributed by atoms with E-state index in [1.54, 1.807) is 24.3 Å². The zero-order valence-corrected chi connectivity index (χ0v) is 10.0. The Bertz CT molecular complexity index is 573. The van der Waals surface area contributed by atoms with Crippen molar-refractivity contribution in [3.63, 3.8) is 0 Å². The SMILES string of the molecule is Cc1ccc(Oc2ccccc2C(=O)C=N)cc1. The average molecular weight is 239 g/mol. The molecule has 18 heavy (non-hydrogen) atoms. The summed E-state index contributed by atoms with van der Waals surface area (Å²) in [5, 5.41) is 7.02. The first-order valence-corrected chi connectivity index (χ1v) is 5.59. The van der Waals surface area contributed by atoms with Gasteiger partial charge in [-0.05, 0) is 31.2 Å². The molecule has 0 aromatic heterocycles. The molecule has 0 radical (unpaired) electrons. The van der Waals surface area contributed by atoms with Crippen molar-refractivity contribution in [1.29, 1.82) is 5.41 Å². The summed E-state index contributed by atoms with van der Waals surface area (Å²) in [4.78, 5) is 11.6. The molecule has 3 heteroatoms. The van der Waals surface area contributed by atoms with Crippen LogP contribution < -0.4 is 4.74 Å². The van der Waals surface area contributed by atoms with E-state index in [9.17, 15) is 4.79 Å². The number of ketones is 1. The molecule has 3 nitrogen and oxygen atoms in total. The molecule has 0 aliphatic carbocycles. The fraction of sp³-hybridized carbons (Fsp3) is 0.0667. The smallest absolute Gasteiger partial charge is 0.207 e. The van der Waals surface area contributed by atoms with E-state index in [1.807, 2.05) is 31.2 Å². The van der Waals surface area contributed by atoms with Crippen molar-refractivity contribution in [3.8, 4) is 11.5 Å². The third kappa shape index (κ3) is 2.63. The van der Waals surface area contributed by atoms with Crippen molar-refractivity contribution in [2.24, 2.45) is 0 Å². The van der Waals surface area contributed by atoms with Gasteiger partial charge >= 0.3 is 0 Å². The van der Waals surface area contributed by atoms with Gasteiger partial charge in [0.2, 0.25) is 5.78 Å². The van der Waals surface area contributed by atoms with Gasteiger partial charge in [-0.2, -0.15) is 0 Å². The molecule has 0 fully saturated rings. The lowest BCUT2D eigenvalue weighted by molar-refractivity contribution is 0.106. The normalized spacial score (nSPS) is 9.83. The van der Waals surface area contributed by atoms with Gasteiger partial charge in [-0.1, -0.05) is 29.8 Å². The molecule has 0 aliphatic heterocycles. The Kier molecular flexibility index (Phi) is 3.53. The van der Waals surface area contributed by atoms with Crippen LogP contribution in [-0.2, 0) is 0 Å². The van der Waals surface area contributed by atoms with Crippen LogP contribution in [0.3, 0.4) is 0 Å². The molecule has 0 saturated carbocycles. The summed E-state index contributed by atoms with van der Waals surface area (Å²) in [6, 6.07) is 14.5. The molecule has 0 heterocycles. The number of aryl methyl sites for hydroxylation is 1. The third-order valence-electron chi connectivity index (χ3n) is 2.53. The Morgan fingerprint density at radius 1 is 1.11 bits per heavy atom. The molecule has 0 amide bonds. The Morgan fingerprint density at radius 3 is 2.44 bits per heavy atom. The monoisotopic (exact) mass is 239 g/mol. The lowest BCUT2D eigenvalue weighted by Crippen LogP contribution is -2.01. The average Bonchev–Trinajstić information content (AvgIpc) is 2.41. The Labute approximate surface area is 106 Å². The Hall–Kier alpha value is -2.42. The Morgan fingerprint density at radius 2 is 1.78 bits per heavy atom. The van der Waals surface area contributed by atoms with Crippen LogP contribution in [0.4, 0.5) is 0 Å². The molecule has 0 aliphatic rings. The fourth-order valence-electron chi connectivity index (χ4n) is 1.57. The van der Waals surface area contributed by atoms with Crippen LogP contribution in [0.25, 0.3) is 0 Å². The van der Waals surface area contributed by atoms with Gasteiger partial charge in [0.05, 0.1) is 11.8 Å². The fourth-order valence-corrected chi connectivity index (χ4v) is 1.57. The van der Waals surface area contributed by atoms with E-state index in [0.717, 1.165) is 11.8 Å². The van der Waals surface area contributed by atoms with E-state index >= 15 is 0 Å². The predicted octanol–water partition coefficient (Wildman–Crippen LogP) is 3.62. The zero-order valence-electron chi connectivity index (χ0n) is 10.0. The van der Waals surface area contributed by atoms with E-state index < -0.39 is 0 Å². The molecule has 0 spiro atoms. The lowest BCUT2D eigenvalue weighted by atomic mass is 10.1. The van der Waals surface area contributed by atoms with Gasteiger partial charge in [-0.15, -0.1) is 0 Å². The highest BCUT2D eigenvalue weighted by atomic mass is 16.5. The van der Waals surface area contributed by atoms with Crippen LogP contribution >= 0.6 is 0 Å². The topological polar surface area (TPSA) is 50.2 Å². The number of ether oxygens (including phenoxy) is 1. The number of carbonyl (C=O) groups is 1. The Balaban J connectivity index is 2.31. The summed E-state index contributed by atoms with van der Waals surface area (Å²) < 4.78 is 5.66. The molecule has 0 unspecified atom stereocenters. The van der Waals surface area contributed by atoms with Crippen molar-refractivity contribution in [3.05, 3.63) is 59.7 Å². The van der Waals surface area contributed by atoms with Gasteiger partial charge in [0.25, 0.3) is 0 Å². The molecule has 0 atom stereocenters. The number of para-hydroxylation sites is 1. The first-order valence-electron chi connectivity index (χ1n) is 5.59. The van der Waals surface area contributed by atoms with Crippen molar-refractivity contribution in [2.45, 2.75) is 6.92 Å². The largest absolute Gasteiger partial charge is 0.457 e. The first-order chi connectivity index (χ1) is 8.70. The van der Waals surface area contributed by atoms with Crippen molar-refractivity contribution in [1.82, 2.24) is 0 Å². The zero-order chi connectivity index (χ0) is 13.0. The maximum absolute atomic E-state index is 11.6. The van der Waals surface area contributed by atoms with E-state index in [2.05, 4.69) is 0 Å². The van der Waals surface area contributed by atoms with Crippen LogP contribution in [0.2, 0.25) is 0 Å². The summed E-state index contributed by atoms with van der Waals surface area (Å²) in [5.74, 6) is 0.776. The van der Waals surface area contributed by atoms with Crippen molar-refractivity contribution >= 4 is 12.0 Å². The van der Waals surface area contributed by atoms with Crippen LogP contribution in [0.15, 0.2) is 48.5 Å². The number of hydrogen-bond acceptors (Lipinski definition) is 3. The lowest BCUT2D eigenvalue weighted by Gasteiger charge is -2.09. The van der Waals surface area contributed by atoms with Crippen LogP contribution in [0, 0.1) is 12.3 Å². The van der Waals surface area contributed by atoms with Gasteiger partial charge in [0, 0.05) is 0 Å². The molecule has 90 valence electrons. The third-order valence-corrected chi connectivity index (χ3v) is 2.53. The summed E-state index contributed by atoms with van der Waals surface area (Å²) in [7, 11) is 0. The van der Waals surface area contributed by atoms with Gasteiger partial charge < -0.3 is 10.1 Å². The number of benzene rings is 2. The maximum atomic E-state index is 11.6. The minimum absolute atomic E-state index is 0.363. The molecular weight excluding hydrogens is 226 g/mol. The van der Waals surface area contributed by atoms with Gasteiger partial charge in [0.15, 0.2) is 0 Å². The van der Waals surface area contributed by atoms with Crippen molar-refractivity contribution in [2.75, 3.05) is 0 Å². The van der Waals surface area contributed by atoms with E-state index in [1.165, 1.54) is 0 Å². The van der Waals surface area contributed by atoms with Gasteiger partial charge in [-0.25, -0.2) is 0 Å². The number of carbonyl (C=O) groups excluding carboxylic acids is 1. The second-order valence-corrected chi connectivity index (χ2v) is 3.92. The van der Waals surface area contributed by atoms with Crippen LogP contribution in [-0.4, -0.2) is 12.0 Å². The molecule has 2 aromatic carbocycles. The number of hydrogen-bond donors (Lipinski definition) is 1.